The number of hydrogen-bond acceptors (Lipinski definition) is 2. The van der Waals surface area contributed by atoms with Crippen molar-refractivity contribution in [2.45, 2.75) is 31.8 Å². The second-order valence-corrected chi connectivity index (χ2v) is 10.1. The summed E-state index contributed by atoms with van der Waals surface area (Å²) in [6.45, 7) is 5.05. The summed E-state index contributed by atoms with van der Waals surface area (Å²) in [6.07, 6.45) is 3.98. The lowest BCUT2D eigenvalue weighted by molar-refractivity contribution is 0.581. The molecular weight excluding hydrogens is 474 g/mol. The Balaban J connectivity index is 1.72. The molecule has 31 heavy (non-hydrogen) atoms. The van der Waals surface area contributed by atoms with Crippen molar-refractivity contribution in [3.63, 3.8) is 0 Å². The third-order valence-corrected chi connectivity index (χ3v) is 7.47. The Hall–Kier alpha value is -2.61. The number of sulfonamides is 1. The van der Waals surface area contributed by atoms with Gasteiger partial charge >= 0.3 is 0 Å². The fourth-order valence-electron chi connectivity index (χ4n) is 3.72. The van der Waals surface area contributed by atoms with E-state index in [-0.39, 0.29) is 11.4 Å². The Morgan fingerprint density at radius 3 is 2.19 bits per heavy atom. The third-order valence-electron chi connectivity index (χ3n) is 5.52. The number of nitrogens with one attached hydrogen (secondary N) is 1. The summed E-state index contributed by atoms with van der Waals surface area (Å²) in [5.41, 5.74) is 4.35. The Bertz CT molecular complexity index is 1280. The minimum Gasteiger partial charge on any atom is -0.327 e. The normalized spacial score (nSPS) is 11.7. The average Bonchev–Trinajstić information content (AvgIpc) is 3.36. The fraction of sp³-hybridized carbons (Fsp3) is 0.167. The molecule has 0 bridgehead atoms. The van der Waals surface area contributed by atoms with Crippen molar-refractivity contribution in [3.05, 3.63) is 106 Å². The molecule has 0 saturated carbocycles. The van der Waals surface area contributed by atoms with E-state index in [2.05, 4.69) is 44.3 Å². The topological polar surface area (TPSA) is 56.0 Å². The van der Waals surface area contributed by atoms with Crippen LogP contribution in [0.5, 0.6) is 0 Å². The van der Waals surface area contributed by atoms with Crippen LogP contribution in [-0.4, -0.2) is 17.6 Å². The SMILES string of the molecule is Cc1c(CNS(=O)(=O)c2ccc(Br)cc2)c(-n2cccc2)n(Cc2ccccc2)c1C. The first-order valence-corrected chi connectivity index (χ1v) is 12.3. The van der Waals surface area contributed by atoms with E-state index in [9.17, 15) is 8.42 Å². The van der Waals surface area contributed by atoms with Crippen molar-refractivity contribution in [1.29, 1.82) is 0 Å². The van der Waals surface area contributed by atoms with Gasteiger partial charge < -0.3 is 9.13 Å². The van der Waals surface area contributed by atoms with Gasteiger partial charge in [0.1, 0.15) is 5.82 Å². The Kier molecular flexibility index (Phi) is 6.18. The van der Waals surface area contributed by atoms with Gasteiger partial charge in [-0.05, 0) is 61.4 Å². The molecule has 0 amide bonds. The van der Waals surface area contributed by atoms with Crippen LogP contribution < -0.4 is 4.72 Å². The average molecular weight is 498 g/mol. The molecule has 7 heteroatoms. The van der Waals surface area contributed by atoms with Gasteiger partial charge in [0.2, 0.25) is 10.0 Å². The summed E-state index contributed by atoms with van der Waals surface area (Å²) in [7, 11) is -3.63. The van der Waals surface area contributed by atoms with Gasteiger partial charge in [-0.1, -0.05) is 46.3 Å². The first kappa shape index (κ1) is 21.6. The lowest BCUT2D eigenvalue weighted by atomic mass is 10.1. The first-order valence-electron chi connectivity index (χ1n) is 9.98. The highest BCUT2D eigenvalue weighted by molar-refractivity contribution is 9.10. The standard InChI is InChI=1S/C24H24BrN3O2S/c1-18-19(2)28(17-20-8-4-3-5-9-20)24(27-14-6-7-15-27)23(18)16-26-31(29,30)22-12-10-21(25)11-13-22/h3-15,26H,16-17H2,1-2H3. The minimum absolute atomic E-state index is 0.209. The predicted molar refractivity (Wildman–Crippen MR) is 127 cm³/mol. The molecule has 0 spiro atoms. The van der Waals surface area contributed by atoms with Crippen molar-refractivity contribution in [2.75, 3.05) is 0 Å². The zero-order valence-corrected chi connectivity index (χ0v) is 19.8. The molecule has 0 saturated heterocycles. The maximum absolute atomic E-state index is 12.9. The Morgan fingerprint density at radius 2 is 1.55 bits per heavy atom. The Labute approximate surface area is 191 Å². The van der Waals surface area contributed by atoms with E-state index in [4.69, 9.17) is 0 Å². The highest BCUT2D eigenvalue weighted by atomic mass is 79.9. The molecule has 0 unspecified atom stereocenters. The van der Waals surface area contributed by atoms with Gasteiger partial charge in [0, 0.05) is 41.2 Å². The zero-order chi connectivity index (χ0) is 22.0. The molecule has 0 fully saturated rings. The van der Waals surface area contributed by atoms with Crippen LogP contribution in [0.4, 0.5) is 0 Å². The van der Waals surface area contributed by atoms with E-state index in [0.29, 0.717) is 6.54 Å². The monoisotopic (exact) mass is 497 g/mol. The fourth-order valence-corrected chi connectivity index (χ4v) is 4.98. The highest BCUT2D eigenvalue weighted by Crippen LogP contribution is 2.27. The second kappa shape index (κ2) is 8.86. The van der Waals surface area contributed by atoms with Crippen LogP contribution in [0.1, 0.15) is 22.4 Å². The van der Waals surface area contributed by atoms with Gasteiger partial charge in [0.25, 0.3) is 0 Å². The molecule has 0 aliphatic heterocycles. The van der Waals surface area contributed by atoms with E-state index >= 15 is 0 Å². The zero-order valence-electron chi connectivity index (χ0n) is 17.4. The highest BCUT2D eigenvalue weighted by Gasteiger charge is 2.21. The molecular formula is C24H24BrN3O2S. The molecule has 0 aliphatic rings. The lowest BCUT2D eigenvalue weighted by Gasteiger charge is -2.15. The van der Waals surface area contributed by atoms with E-state index < -0.39 is 10.0 Å². The van der Waals surface area contributed by atoms with Gasteiger partial charge in [0.05, 0.1) is 4.90 Å². The molecule has 2 heterocycles. The van der Waals surface area contributed by atoms with E-state index in [1.165, 1.54) is 5.56 Å². The summed E-state index contributed by atoms with van der Waals surface area (Å²) < 4.78 is 33.7. The molecule has 4 aromatic rings. The molecule has 0 aliphatic carbocycles. The van der Waals surface area contributed by atoms with Crippen molar-refractivity contribution in [1.82, 2.24) is 13.9 Å². The second-order valence-electron chi connectivity index (χ2n) is 7.45. The van der Waals surface area contributed by atoms with Crippen LogP contribution >= 0.6 is 15.9 Å². The van der Waals surface area contributed by atoms with E-state index in [1.807, 2.05) is 54.2 Å². The summed E-state index contributed by atoms with van der Waals surface area (Å²) >= 11 is 3.35. The van der Waals surface area contributed by atoms with Crippen LogP contribution in [-0.2, 0) is 23.1 Å². The quantitative estimate of drug-likeness (QED) is 0.382. The number of halogens is 1. The summed E-state index contributed by atoms with van der Waals surface area (Å²) in [6, 6.07) is 20.9. The van der Waals surface area contributed by atoms with Crippen molar-refractivity contribution in [2.24, 2.45) is 0 Å². The molecule has 4 rings (SSSR count). The smallest absolute Gasteiger partial charge is 0.240 e. The molecule has 2 aromatic heterocycles. The van der Waals surface area contributed by atoms with Gasteiger partial charge in [-0.2, -0.15) is 0 Å². The molecule has 160 valence electrons. The van der Waals surface area contributed by atoms with Gasteiger partial charge in [-0.3, -0.25) is 0 Å². The first-order chi connectivity index (χ1) is 14.9. The van der Waals surface area contributed by atoms with Gasteiger partial charge in [0.15, 0.2) is 0 Å². The Morgan fingerprint density at radius 1 is 0.903 bits per heavy atom. The van der Waals surface area contributed by atoms with Crippen LogP contribution in [0, 0.1) is 13.8 Å². The molecule has 0 atom stereocenters. The van der Waals surface area contributed by atoms with Gasteiger partial charge in [-0.15, -0.1) is 0 Å². The maximum atomic E-state index is 12.9. The van der Waals surface area contributed by atoms with E-state index in [1.54, 1.807) is 24.3 Å². The number of aromatic nitrogens is 2. The minimum atomic E-state index is -3.63. The van der Waals surface area contributed by atoms with Crippen LogP contribution in [0.15, 0.2) is 88.5 Å². The van der Waals surface area contributed by atoms with Crippen LogP contribution in [0.3, 0.4) is 0 Å². The summed E-state index contributed by atoms with van der Waals surface area (Å²) in [4.78, 5) is 0.247. The van der Waals surface area contributed by atoms with Crippen LogP contribution in [0.25, 0.3) is 5.82 Å². The largest absolute Gasteiger partial charge is 0.327 e. The summed E-state index contributed by atoms with van der Waals surface area (Å²) in [5.74, 6) is 0.974. The number of hydrogen-bond donors (Lipinski definition) is 1. The third kappa shape index (κ3) is 4.54. The van der Waals surface area contributed by atoms with Crippen LogP contribution in [0.2, 0.25) is 0 Å². The molecule has 2 aromatic carbocycles. The maximum Gasteiger partial charge on any atom is 0.240 e. The predicted octanol–water partition coefficient (Wildman–Crippen LogP) is 5.18. The van der Waals surface area contributed by atoms with Gasteiger partial charge in [-0.25, -0.2) is 13.1 Å². The van der Waals surface area contributed by atoms with Crippen molar-refractivity contribution >= 4 is 26.0 Å². The number of benzene rings is 2. The summed E-state index contributed by atoms with van der Waals surface area (Å²) in [5, 5.41) is 0. The van der Waals surface area contributed by atoms with Crippen molar-refractivity contribution < 1.29 is 8.42 Å². The molecule has 0 radical (unpaired) electrons. The van der Waals surface area contributed by atoms with Crippen molar-refractivity contribution in [3.8, 4) is 5.82 Å². The number of rotatable bonds is 7. The lowest BCUT2D eigenvalue weighted by Crippen LogP contribution is -2.24. The molecule has 5 nitrogen and oxygen atoms in total. The number of nitrogens with zero attached hydrogens (tertiary/aromatic N) is 2. The molecule has 1 N–H and O–H groups in total. The van der Waals surface area contributed by atoms with E-state index in [0.717, 1.165) is 27.1 Å².